The van der Waals surface area contributed by atoms with E-state index in [1.807, 2.05) is 11.3 Å². The van der Waals surface area contributed by atoms with E-state index in [0.717, 1.165) is 22.5 Å². The Balaban J connectivity index is 1.27. The van der Waals surface area contributed by atoms with Crippen molar-refractivity contribution >= 4 is 75.0 Å². The maximum atomic E-state index is 5.32. The van der Waals surface area contributed by atoms with Gasteiger partial charge >= 0.3 is 0 Å². The van der Waals surface area contributed by atoms with Crippen molar-refractivity contribution in [1.29, 1.82) is 0 Å². The fourth-order valence-electron chi connectivity index (χ4n) is 7.33. The number of aromatic nitrogens is 2. The van der Waals surface area contributed by atoms with Gasteiger partial charge in [-0.25, -0.2) is 4.98 Å². The van der Waals surface area contributed by atoms with Crippen LogP contribution in [0.1, 0.15) is 0 Å². The van der Waals surface area contributed by atoms with E-state index < -0.39 is 0 Å². The lowest BCUT2D eigenvalue weighted by molar-refractivity contribution is 1.19. The van der Waals surface area contributed by atoms with Crippen LogP contribution in [0.2, 0.25) is 0 Å². The van der Waals surface area contributed by atoms with Crippen molar-refractivity contribution in [2.45, 2.75) is 0 Å². The van der Waals surface area contributed by atoms with Gasteiger partial charge in [-0.2, -0.15) is 0 Å². The number of benzene rings is 7. The molecule has 3 heteroatoms. The second kappa shape index (κ2) is 9.87. The number of hydrogen-bond donors (Lipinski definition) is 0. The number of pyridine rings is 1. The van der Waals surface area contributed by atoms with Crippen LogP contribution >= 0.6 is 11.3 Å². The molecule has 0 saturated heterocycles. The van der Waals surface area contributed by atoms with Gasteiger partial charge in [-0.3, -0.25) is 0 Å². The summed E-state index contributed by atoms with van der Waals surface area (Å²) in [6.45, 7) is 0. The van der Waals surface area contributed by atoms with Crippen LogP contribution in [0.5, 0.6) is 0 Å². The molecular formula is C43H26N2S. The molecule has 10 rings (SSSR count). The Kier molecular flexibility index (Phi) is 5.48. The van der Waals surface area contributed by atoms with E-state index in [4.69, 9.17) is 4.98 Å². The van der Waals surface area contributed by atoms with Gasteiger partial charge in [0.1, 0.15) is 0 Å². The van der Waals surface area contributed by atoms with Crippen LogP contribution in [0.4, 0.5) is 0 Å². The Morgan fingerprint density at radius 3 is 2.02 bits per heavy atom. The molecule has 0 bridgehead atoms. The number of para-hydroxylation sites is 2. The lowest BCUT2D eigenvalue weighted by Crippen LogP contribution is -1.97. The summed E-state index contributed by atoms with van der Waals surface area (Å²) in [6, 6.07) is 57.0. The second-order valence-corrected chi connectivity index (χ2v) is 13.0. The first-order valence-corrected chi connectivity index (χ1v) is 16.5. The summed E-state index contributed by atoms with van der Waals surface area (Å²) in [4.78, 5) is 5.32. The van der Waals surface area contributed by atoms with Crippen molar-refractivity contribution in [2.24, 2.45) is 0 Å². The number of fused-ring (bicyclic) bond motifs is 10. The Morgan fingerprint density at radius 1 is 0.457 bits per heavy atom. The molecule has 0 aliphatic rings. The largest absolute Gasteiger partial charge is 0.309 e. The fraction of sp³-hybridized carbons (Fsp3) is 0. The van der Waals surface area contributed by atoms with Crippen molar-refractivity contribution in [1.82, 2.24) is 9.55 Å². The topological polar surface area (TPSA) is 17.8 Å². The Hall–Kier alpha value is -5.77. The monoisotopic (exact) mass is 602 g/mol. The highest BCUT2D eigenvalue weighted by Gasteiger charge is 2.20. The van der Waals surface area contributed by atoms with E-state index in [9.17, 15) is 0 Å². The van der Waals surface area contributed by atoms with E-state index in [1.165, 1.54) is 69.3 Å². The van der Waals surface area contributed by atoms with Gasteiger partial charge in [-0.05, 0) is 46.8 Å². The zero-order chi connectivity index (χ0) is 30.2. The SMILES string of the molecule is c1ccc(-c2nc3ccccc3c3ccc4c5ccccc5n(-c5ccc(-c6cccc7c6sc6ccccc67)cc5)c4c23)cc1. The molecule has 0 atom stereocenters. The van der Waals surface area contributed by atoms with E-state index in [2.05, 4.69) is 162 Å². The molecule has 3 heterocycles. The number of thiophene rings is 1. The minimum absolute atomic E-state index is 1.01. The van der Waals surface area contributed by atoms with Crippen molar-refractivity contribution in [3.8, 4) is 28.1 Å². The molecule has 0 aliphatic heterocycles. The van der Waals surface area contributed by atoms with E-state index >= 15 is 0 Å². The molecule has 46 heavy (non-hydrogen) atoms. The molecule has 2 nitrogen and oxygen atoms in total. The highest BCUT2D eigenvalue weighted by molar-refractivity contribution is 7.26. The van der Waals surface area contributed by atoms with Gasteiger partial charge in [0.05, 0.1) is 22.2 Å². The van der Waals surface area contributed by atoms with Gasteiger partial charge in [0.15, 0.2) is 0 Å². The van der Waals surface area contributed by atoms with Crippen LogP contribution in [0.3, 0.4) is 0 Å². The number of hydrogen-bond acceptors (Lipinski definition) is 2. The second-order valence-electron chi connectivity index (χ2n) is 11.9. The van der Waals surface area contributed by atoms with Crippen LogP contribution in [-0.2, 0) is 0 Å². The first-order valence-electron chi connectivity index (χ1n) is 15.6. The molecule has 0 N–H and O–H groups in total. The molecule has 0 spiro atoms. The van der Waals surface area contributed by atoms with Crippen molar-refractivity contribution < 1.29 is 0 Å². The number of nitrogens with zero attached hydrogens (tertiary/aromatic N) is 2. The molecule has 0 amide bonds. The van der Waals surface area contributed by atoms with Crippen molar-refractivity contribution in [3.05, 3.63) is 158 Å². The predicted molar refractivity (Wildman–Crippen MR) is 197 cm³/mol. The van der Waals surface area contributed by atoms with Gasteiger partial charge in [0, 0.05) is 53.0 Å². The molecule has 0 saturated carbocycles. The zero-order valence-electron chi connectivity index (χ0n) is 24.8. The minimum atomic E-state index is 1.01. The molecule has 10 aromatic rings. The zero-order valence-corrected chi connectivity index (χ0v) is 25.6. The van der Waals surface area contributed by atoms with E-state index in [-0.39, 0.29) is 0 Å². The standard InChI is InChI=1S/C43H26N2S/c1-2-11-28(12-3-1)41-40-34(31-13-4-7-18-37(31)44-41)25-26-35-32-14-5-8-19-38(32)45(42(35)40)29-23-21-27(22-24-29)30-16-10-17-36-33-15-6-9-20-39(33)46-43(30)36/h1-26H. The quantitative estimate of drug-likeness (QED) is 0.184. The van der Waals surface area contributed by atoms with Gasteiger partial charge in [0.2, 0.25) is 0 Å². The van der Waals surface area contributed by atoms with E-state index in [1.54, 1.807) is 0 Å². The summed E-state index contributed by atoms with van der Waals surface area (Å²) in [5.41, 5.74) is 9.16. The summed E-state index contributed by atoms with van der Waals surface area (Å²) < 4.78 is 5.11. The van der Waals surface area contributed by atoms with Crippen LogP contribution < -0.4 is 0 Å². The molecule has 0 radical (unpaired) electrons. The highest BCUT2D eigenvalue weighted by atomic mass is 32.1. The van der Waals surface area contributed by atoms with Crippen LogP contribution in [0.25, 0.3) is 91.7 Å². The summed E-state index contributed by atoms with van der Waals surface area (Å²) in [5, 5.41) is 8.69. The van der Waals surface area contributed by atoms with Gasteiger partial charge in [-0.15, -0.1) is 11.3 Å². The third-order valence-corrected chi connectivity index (χ3v) is 10.6. The predicted octanol–water partition coefficient (Wildman–Crippen LogP) is 12.2. The lowest BCUT2D eigenvalue weighted by Gasteiger charge is -2.15. The third kappa shape index (κ3) is 3.67. The first kappa shape index (κ1) is 25.5. The average molecular weight is 603 g/mol. The van der Waals surface area contributed by atoms with Crippen molar-refractivity contribution in [2.75, 3.05) is 0 Å². The van der Waals surface area contributed by atoms with Crippen LogP contribution in [0, 0.1) is 0 Å². The van der Waals surface area contributed by atoms with Crippen LogP contribution in [0.15, 0.2) is 158 Å². The van der Waals surface area contributed by atoms with Gasteiger partial charge in [-0.1, -0.05) is 127 Å². The Labute approximate surface area is 269 Å². The first-order chi connectivity index (χ1) is 22.8. The Bertz CT molecular complexity index is 2790. The van der Waals surface area contributed by atoms with Gasteiger partial charge < -0.3 is 4.57 Å². The molecule has 0 fully saturated rings. The Morgan fingerprint density at radius 2 is 1.15 bits per heavy atom. The van der Waals surface area contributed by atoms with Gasteiger partial charge in [0.25, 0.3) is 0 Å². The highest BCUT2D eigenvalue weighted by Crippen LogP contribution is 2.43. The minimum Gasteiger partial charge on any atom is -0.309 e. The molecule has 7 aromatic carbocycles. The third-order valence-electron chi connectivity index (χ3n) is 9.39. The van der Waals surface area contributed by atoms with Crippen molar-refractivity contribution in [3.63, 3.8) is 0 Å². The average Bonchev–Trinajstić information content (AvgIpc) is 3.68. The number of rotatable bonds is 3. The fourth-order valence-corrected chi connectivity index (χ4v) is 8.57. The lowest BCUT2D eigenvalue weighted by atomic mass is 9.97. The van der Waals surface area contributed by atoms with E-state index in [0.29, 0.717) is 0 Å². The summed E-state index contributed by atoms with van der Waals surface area (Å²) in [6.07, 6.45) is 0. The maximum Gasteiger partial charge on any atom is 0.0809 e. The maximum absolute atomic E-state index is 5.32. The summed E-state index contributed by atoms with van der Waals surface area (Å²) in [5.74, 6) is 0. The molecule has 214 valence electrons. The molecule has 3 aromatic heterocycles. The summed E-state index contributed by atoms with van der Waals surface area (Å²) in [7, 11) is 0. The normalized spacial score (nSPS) is 11.9. The smallest absolute Gasteiger partial charge is 0.0809 e. The van der Waals surface area contributed by atoms with Crippen LogP contribution in [-0.4, -0.2) is 9.55 Å². The molecule has 0 aliphatic carbocycles. The molecular weight excluding hydrogens is 577 g/mol. The molecule has 0 unspecified atom stereocenters. The summed E-state index contributed by atoms with van der Waals surface area (Å²) >= 11 is 1.88.